The van der Waals surface area contributed by atoms with Gasteiger partial charge in [0.15, 0.2) is 5.69 Å². The van der Waals surface area contributed by atoms with Gasteiger partial charge in [-0.3, -0.25) is 0 Å². The molecule has 1 heterocycles. The molecular weight excluding hydrogens is 242 g/mol. The van der Waals surface area contributed by atoms with E-state index in [1.54, 1.807) is 4.68 Å². The highest BCUT2D eigenvalue weighted by molar-refractivity contribution is 5.86. The summed E-state index contributed by atoms with van der Waals surface area (Å²) in [6, 6.07) is 8.03. The minimum absolute atomic E-state index is 0.0509. The molecule has 19 heavy (non-hydrogen) atoms. The highest BCUT2D eigenvalue weighted by Crippen LogP contribution is 2.14. The number of hydrogen-bond acceptors (Lipinski definition) is 3. The van der Waals surface area contributed by atoms with Gasteiger partial charge in [-0.25, -0.2) is 9.48 Å². The Morgan fingerprint density at radius 2 is 2.21 bits per heavy atom. The van der Waals surface area contributed by atoms with E-state index in [4.69, 9.17) is 5.11 Å². The van der Waals surface area contributed by atoms with Crippen LogP contribution < -0.4 is 0 Å². The second-order valence-corrected chi connectivity index (χ2v) is 4.58. The van der Waals surface area contributed by atoms with Gasteiger partial charge in [-0.2, -0.15) is 0 Å². The highest BCUT2D eigenvalue weighted by Gasteiger charge is 2.18. The summed E-state index contributed by atoms with van der Waals surface area (Å²) in [5.41, 5.74) is 2.95. The number of nitrogens with zero attached hydrogens (tertiary/aromatic N) is 3. The number of aromatic nitrogens is 3. The molecule has 1 aromatic heterocycles. The molecule has 0 bridgehead atoms. The molecule has 0 atom stereocenters. The minimum Gasteiger partial charge on any atom is -0.476 e. The monoisotopic (exact) mass is 259 g/mol. The van der Waals surface area contributed by atoms with Crippen LogP contribution in [0.3, 0.4) is 0 Å². The Morgan fingerprint density at radius 1 is 1.42 bits per heavy atom. The third kappa shape index (κ3) is 2.99. The third-order valence-electron chi connectivity index (χ3n) is 2.93. The van der Waals surface area contributed by atoms with Crippen LogP contribution in [0.5, 0.6) is 0 Å². The lowest BCUT2D eigenvalue weighted by Gasteiger charge is -2.06. The van der Waals surface area contributed by atoms with E-state index >= 15 is 0 Å². The van der Waals surface area contributed by atoms with Crippen molar-refractivity contribution < 1.29 is 9.90 Å². The normalized spacial score (nSPS) is 10.6. The van der Waals surface area contributed by atoms with E-state index in [1.165, 1.54) is 0 Å². The van der Waals surface area contributed by atoms with Gasteiger partial charge in [0.2, 0.25) is 0 Å². The van der Waals surface area contributed by atoms with E-state index in [0.29, 0.717) is 18.7 Å². The van der Waals surface area contributed by atoms with Crippen molar-refractivity contribution in [2.75, 3.05) is 0 Å². The molecule has 0 aliphatic carbocycles. The molecule has 0 fully saturated rings. The summed E-state index contributed by atoms with van der Waals surface area (Å²) >= 11 is 0. The SMILES string of the molecule is CCCn1nnc(C(=O)O)c1Cc1cccc(C)c1. The summed E-state index contributed by atoms with van der Waals surface area (Å²) in [4.78, 5) is 11.2. The summed E-state index contributed by atoms with van der Waals surface area (Å²) in [5.74, 6) is -1.02. The van der Waals surface area contributed by atoms with Crippen molar-refractivity contribution in [1.29, 1.82) is 0 Å². The molecule has 0 saturated heterocycles. The van der Waals surface area contributed by atoms with Crippen molar-refractivity contribution in [1.82, 2.24) is 15.0 Å². The average molecular weight is 259 g/mol. The first-order chi connectivity index (χ1) is 9.11. The summed E-state index contributed by atoms with van der Waals surface area (Å²) in [6.07, 6.45) is 1.43. The molecule has 5 heteroatoms. The standard InChI is InChI=1S/C14H17N3O2/c1-3-7-17-12(13(14(18)19)15-16-17)9-11-6-4-5-10(2)8-11/h4-6,8H,3,7,9H2,1-2H3,(H,18,19). The Balaban J connectivity index is 2.36. The van der Waals surface area contributed by atoms with Gasteiger partial charge in [0, 0.05) is 13.0 Å². The lowest BCUT2D eigenvalue weighted by atomic mass is 10.1. The van der Waals surface area contributed by atoms with Gasteiger partial charge in [-0.05, 0) is 18.9 Å². The first-order valence-electron chi connectivity index (χ1n) is 6.33. The first kappa shape index (κ1) is 13.3. The third-order valence-corrected chi connectivity index (χ3v) is 2.93. The number of aromatic carboxylic acids is 1. The Morgan fingerprint density at radius 3 is 2.84 bits per heavy atom. The van der Waals surface area contributed by atoms with E-state index in [9.17, 15) is 4.79 Å². The minimum atomic E-state index is -1.02. The number of benzene rings is 1. The molecule has 0 saturated carbocycles. The summed E-state index contributed by atoms with van der Waals surface area (Å²) < 4.78 is 1.69. The van der Waals surface area contributed by atoms with E-state index in [-0.39, 0.29) is 5.69 Å². The zero-order valence-corrected chi connectivity index (χ0v) is 11.1. The van der Waals surface area contributed by atoms with Gasteiger partial charge >= 0.3 is 5.97 Å². The number of rotatable bonds is 5. The van der Waals surface area contributed by atoms with Crippen LogP contribution in [0, 0.1) is 6.92 Å². The molecule has 100 valence electrons. The number of hydrogen-bond donors (Lipinski definition) is 1. The number of carboxylic acids is 1. The first-order valence-corrected chi connectivity index (χ1v) is 6.33. The fraction of sp³-hybridized carbons (Fsp3) is 0.357. The molecule has 0 spiro atoms. The number of aryl methyl sites for hydroxylation is 2. The topological polar surface area (TPSA) is 68.0 Å². The van der Waals surface area contributed by atoms with Gasteiger partial charge in [0.1, 0.15) is 0 Å². The predicted molar refractivity (Wildman–Crippen MR) is 71.3 cm³/mol. The fourth-order valence-corrected chi connectivity index (χ4v) is 2.08. The van der Waals surface area contributed by atoms with Gasteiger partial charge in [-0.15, -0.1) is 5.10 Å². The Bertz CT molecular complexity index is 590. The molecule has 0 amide bonds. The quantitative estimate of drug-likeness (QED) is 0.894. The predicted octanol–water partition coefficient (Wildman–Crippen LogP) is 2.29. The molecule has 5 nitrogen and oxygen atoms in total. The average Bonchev–Trinajstić information content (AvgIpc) is 2.73. The smallest absolute Gasteiger partial charge is 0.358 e. The van der Waals surface area contributed by atoms with Crippen molar-refractivity contribution >= 4 is 5.97 Å². The molecule has 2 rings (SSSR count). The number of carboxylic acid groups (broad SMARTS) is 1. The maximum atomic E-state index is 11.2. The van der Waals surface area contributed by atoms with Crippen molar-refractivity contribution in [3.63, 3.8) is 0 Å². The maximum Gasteiger partial charge on any atom is 0.358 e. The zero-order chi connectivity index (χ0) is 13.8. The molecular formula is C14H17N3O2. The Labute approximate surface area is 111 Å². The van der Waals surface area contributed by atoms with Crippen LogP contribution in [0.15, 0.2) is 24.3 Å². The molecule has 0 aliphatic heterocycles. The molecule has 1 aromatic carbocycles. The van der Waals surface area contributed by atoms with Crippen molar-refractivity contribution in [2.45, 2.75) is 33.2 Å². The second kappa shape index (κ2) is 5.65. The van der Waals surface area contributed by atoms with E-state index < -0.39 is 5.97 Å². The highest BCUT2D eigenvalue weighted by atomic mass is 16.4. The fourth-order valence-electron chi connectivity index (χ4n) is 2.08. The van der Waals surface area contributed by atoms with E-state index in [1.807, 2.05) is 32.0 Å². The van der Waals surface area contributed by atoms with Gasteiger partial charge in [0.05, 0.1) is 5.69 Å². The summed E-state index contributed by atoms with van der Waals surface area (Å²) in [5, 5.41) is 16.9. The molecule has 0 radical (unpaired) electrons. The largest absolute Gasteiger partial charge is 0.476 e. The van der Waals surface area contributed by atoms with Crippen LogP contribution in [0.2, 0.25) is 0 Å². The van der Waals surface area contributed by atoms with Crippen LogP contribution in [0.4, 0.5) is 0 Å². The number of carbonyl (C=O) groups is 1. The van der Waals surface area contributed by atoms with Gasteiger partial charge in [0.25, 0.3) is 0 Å². The lowest BCUT2D eigenvalue weighted by molar-refractivity contribution is 0.0689. The maximum absolute atomic E-state index is 11.2. The molecule has 0 aliphatic rings. The van der Waals surface area contributed by atoms with E-state index in [0.717, 1.165) is 17.5 Å². The molecule has 2 aromatic rings. The van der Waals surface area contributed by atoms with Crippen molar-refractivity contribution in [2.24, 2.45) is 0 Å². The summed E-state index contributed by atoms with van der Waals surface area (Å²) in [7, 11) is 0. The van der Waals surface area contributed by atoms with Crippen molar-refractivity contribution in [3.8, 4) is 0 Å². The molecule has 0 unspecified atom stereocenters. The summed E-state index contributed by atoms with van der Waals surface area (Å²) in [6.45, 7) is 4.73. The van der Waals surface area contributed by atoms with E-state index in [2.05, 4.69) is 16.4 Å². The zero-order valence-electron chi connectivity index (χ0n) is 11.1. The lowest BCUT2D eigenvalue weighted by Crippen LogP contribution is -2.09. The van der Waals surface area contributed by atoms with Gasteiger partial charge in [-0.1, -0.05) is 42.0 Å². The molecule has 1 N–H and O–H groups in total. The van der Waals surface area contributed by atoms with Crippen LogP contribution in [-0.4, -0.2) is 26.1 Å². The van der Waals surface area contributed by atoms with Crippen LogP contribution in [0.1, 0.15) is 40.7 Å². The van der Waals surface area contributed by atoms with Crippen LogP contribution in [0.25, 0.3) is 0 Å². The van der Waals surface area contributed by atoms with Crippen LogP contribution >= 0.6 is 0 Å². The Kier molecular flexibility index (Phi) is 3.94. The van der Waals surface area contributed by atoms with Gasteiger partial charge < -0.3 is 5.11 Å². The van der Waals surface area contributed by atoms with Crippen LogP contribution in [-0.2, 0) is 13.0 Å². The van der Waals surface area contributed by atoms with Crippen molar-refractivity contribution in [3.05, 3.63) is 46.8 Å². The second-order valence-electron chi connectivity index (χ2n) is 4.58. The Hall–Kier alpha value is -2.17.